The monoisotopic (exact) mass is 537 g/mol. The number of hydrogen-bond donors (Lipinski definition) is 0. The largest absolute Gasteiger partial charge is 0.458 e. The molecular formula is C36H27NO4. The van der Waals surface area contributed by atoms with Crippen LogP contribution in [0, 0.1) is 0 Å². The van der Waals surface area contributed by atoms with E-state index in [9.17, 15) is 9.59 Å². The topological polar surface area (TPSA) is 55.8 Å². The van der Waals surface area contributed by atoms with Crippen molar-refractivity contribution in [1.29, 1.82) is 0 Å². The van der Waals surface area contributed by atoms with Crippen LogP contribution in [-0.2, 0) is 20.9 Å². The molecule has 0 amide bonds. The summed E-state index contributed by atoms with van der Waals surface area (Å²) in [5.74, 6) is -0.484. The van der Waals surface area contributed by atoms with Gasteiger partial charge in [-0.15, -0.1) is 0 Å². The molecule has 0 aliphatic heterocycles. The summed E-state index contributed by atoms with van der Waals surface area (Å²) in [4.78, 5) is 25.8. The summed E-state index contributed by atoms with van der Waals surface area (Å²) in [6, 6.07) is 34.7. The van der Waals surface area contributed by atoms with Crippen LogP contribution in [-0.4, -0.2) is 11.9 Å². The van der Waals surface area contributed by atoms with Crippen LogP contribution in [0.1, 0.15) is 12.5 Å². The fourth-order valence-corrected chi connectivity index (χ4v) is 5.15. The minimum absolute atomic E-state index is 0.159. The van der Waals surface area contributed by atoms with E-state index in [0.29, 0.717) is 11.3 Å². The van der Waals surface area contributed by atoms with Gasteiger partial charge < -0.3 is 14.4 Å². The van der Waals surface area contributed by atoms with Crippen molar-refractivity contribution in [3.8, 4) is 5.75 Å². The Hall–Kier alpha value is -5.42. The maximum Gasteiger partial charge on any atom is 0.338 e. The normalized spacial score (nSPS) is 11.0. The highest BCUT2D eigenvalue weighted by atomic mass is 16.5. The number of rotatable bonds is 8. The summed E-state index contributed by atoms with van der Waals surface area (Å²) >= 11 is 0. The molecule has 0 unspecified atom stereocenters. The van der Waals surface area contributed by atoms with Gasteiger partial charge in [0.05, 0.1) is 5.69 Å². The van der Waals surface area contributed by atoms with Crippen LogP contribution in [0.3, 0.4) is 0 Å². The van der Waals surface area contributed by atoms with E-state index in [4.69, 9.17) is 9.47 Å². The third-order valence-corrected chi connectivity index (χ3v) is 7.14. The quantitative estimate of drug-likeness (QED) is 0.0841. The molecule has 0 bridgehead atoms. The molecule has 0 radical (unpaired) electrons. The zero-order chi connectivity index (χ0) is 28.5. The van der Waals surface area contributed by atoms with Crippen molar-refractivity contribution < 1.29 is 19.1 Å². The van der Waals surface area contributed by atoms with Crippen LogP contribution in [0.2, 0.25) is 0 Å². The second-order valence-electron chi connectivity index (χ2n) is 9.92. The highest BCUT2D eigenvalue weighted by molar-refractivity contribution is 6.25. The number of nitrogens with zero attached hydrogens (tertiary/aromatic N) is 1. The Bertz CT molecular complexity index is 1920. The van der Waals surface area contributed by atoms with Gasteiger partial charge in [0.15, 0.2) is 0 Å². The van der Waals surface area contributed by atoms with Crippen molar-refractivity contribution in [2.75, 3.05) is 4.90 Å². The Kier molecular flexibility index (Phi) is 6.70. The molecule has 6 aromatic carbocycles. The van der Waals surface area contributed by atoms with Crippen LogP contribution < -0.4 is 9.64 Å². The third-order valence-electron chi connectivity index (χ3n) is 7.14. The van der Waals surface area contributed by atoms with Crippen molar-refractivity contribution in [1.82, 2.24) is 0 Å². The molecule has 0 fully saturated rings. The maximum atomic E-state index is 12.1. The first-order chi connectivity index (χ1) is 19.9. The first-order valence-electron chi connectivity index (χ1n) is 13.3. The highest BCUT2D eigenvalue weighted by Gasteiger charge is 2.19. The predicted molar refractivity (Wildman–Crippen MR) is 165 cm³/mol. The van der Waals surface area contributed by atoms with Crippen molar-refractivity contribution in [3.05, 3.63) is 133 Å². The lowest BCUT2D eigenvalue weighted by atomic mass is 9.93. The third kappa shape index (κ3) is 4.90. The summed E-state index contributed by atoms with van der Waals surface area (Å²) in [7, 11) is 0. The fraction of sp³-hybridized carbons (Fsp3) is 0.0556. The molecule has 0 heterocycles. The summed E-state index contributed by atoms with van der Waals surface area (Å²) in [5.41, 5.74) is 4.02. The Morgan fingerprint density at radius 1 is 0.756 bits per heavy atom. The van der Waals surface area contributed by atoms with Crippen molar-refractivity contribution in [2.24, 2.45) is 0 Å². The molecule has 5 nitrogen and oxygen atoms in total. The van der Waals surface area contributed by atoms with Crippen LogP contribution >= 0.6 is 0 Å². The van der Waals surface area contributed by atoms with E-state index in [1.165, 1.54) is 26.9 Å². The van der Waals surface area contributed by atoms with Crippen LogP contribution in [0.4, 0.5) is 17.1 Å². The average molecular weight is 538 g/mol. The SMILES string of the molecule is C=CC(=O)OCc1ccc(N(c2ccc(OC(=O)C(=C)C)cc2)c2ccc3ccc4cccc5ccc2c3c45)cc1. The smallest absolute Gasteiger partial charge is 0.338 e. The summed E-state index contributed by atoms with van der Waals surface area (Å²) < 4.78 is 10.6. The highest BCUT2D eigenvalue weighted by Crippen LogP contribution is 2.44. The van der Waals surface area contributed by atoms with E-state index in [0.717, 1.165) is 34.1 Å². The zero-order valence-corrected chi connectivity index (χ0v) is 22.6. The van der Waals surface area contributed by atoms with E-state index in [2.05, 4.69) is 72.7 Å². The van der Waals surface area contributed by atoms with Gasteiger partial charge in [-0.1, -0.05) is 73.8 Å². The second-order valence-corrected chi connectivity index (χ2v) is 9.92. The van der Waals surface area contributed by atoms with Gasteiger partial charge in [-0.05, 0) is 81.9 Å². The van der Waals surface area contributed by atoms with Gasteiger partial charge in [0, 0.05) is 28.4 Å². The average Bonchev–Trinajstić information content (AvgIpc) is 3.00. The predicted octanol–water partition coefficient (Wildman–Crippen LogP) is 8.76. The van der Waals surface area contributed by atoms with Gasteiger partial charge in [0.2, 0.25) is 0 Å². The zero-order valence-electron chi connectivity index (χ0n) is 22.6. The van der Waals surface area contributed by atoms with Gasteiger partial charge in [-0.3, -0.25) is 0 Å². The molecule has 6 aromatic rings. The van der Waals surface area contributed by atoms with Gasteiger partial charge in [0.25, 0.3) is 0 Å². The van der Waals surface area contributed by atoms with Gasteiger partial charge in [0.1, 0.15) is 12.4 Å². The molecule has 0 saturated heterocycles. The van der Waals surface area contributed by atoms with Crippen LogP contribution in [0.15, 0.2) is 128 Å². The van der Waals surface area contributed by atoms with Crippen molar-refractivity contribution >= 4 is 61.3 Å². The molecule has 0 aromatic heterocycles. The van der Waals surface area contributed by atoms with E-state index >= 15 is 0 Å². The van der Waals surface area contributed by atoms with Crippen molar-refractivity contribution in [2.45, 2.75) is 13.5 Å². The summed E-state index contributed by atoms with van der Waals surface area (Å²) in [6.07, 6.45) is 1.15. The van der Waals surface area contributed by atoms with E-state index in [-0.39, 0.29) is 6.61 Å². The van der Waals surface area contributed by atoms with E-state index in [1.54, 1.807) is 19.1 Å². The molecule has 0 atom stereocenters. The van der Waals surface area contributed by atoms with Crippen molar-refractivity contribution in [3.63, 3.8) is 0 Å². The summed E-state index contributed by atoms with van der Waals surface area (Å²) in [6.45, 7) is 8.89. The van der Waals surface area contributed by atoms with Gasteiger partial charge >= 0.3 is 11.9 Å². The summed E-state index contributed by atoms with van der Waals surface area (Å²) in [5, 5.41) is 7.15. The molecule has 41 heavy (non-hydrogen) atoms. The lowest BCUT2D eigenvalue weighted by Gasteiger charge is -2.28. The molecule has 5 heteroatoms. The minimum Gasteiger partial charge on any atom is -0.458 e. The molecule has 0 aliphatic rings. The molecular weight excluding hydrogens is 510 g/mol. The number of ether oxygens (including phenoxy) is 2. The second kappa shape index (κ2) is 10.6. The van der Waals surface area contributed by atoms with E-state index in [1.807, 2.05) is 36.4 Å². The number of benzene rings is 6. The van der Waals surface area contributed by atoms with Crippen LogP contribution in [0.5, 0.6) is 5.75 Å². The molecule has 0 spiro atoms. The fourth-order valence-electron chi connectivity index (χ4n) is 5.15. The molecule has 0 aliphatic carbocycles. The van der Waals surface area contributed by atoms with E-state index < -0.39 is 11.9 Å². The molecule has 0 N–H and O–H groups in total. The first kappa shape index (κ1) is 25.8. The Labute approximate surface area is 237 Å². The minimum atomic E-state index is -0.464. The Balaban J connectivity index is 1.49. The Morgan fingerprint density at radius 3 is 1.98 bits per heavy atom. The lowest BCUT2D eigenvalue weighted by molar-refractivity contribution is -0.139. The molecule has 200 valence electrons. The van der Waals surface area contributed by atoms with Gasteiger partial charge in [-0.25, -0.2) is 9.59 Å². The molecule has 0 saturated carbocycles. The standard InChI is InChI=1S/C36H27NO4/c1-4-33(38)40-22-24-8-14-28(15-9-24)37(29-16-18-30(19-17-29)41-36(39)23(2)3)32-21-13-27-11-10-25-6-5-7-26-12-20-31(32)35(27)34(25)26/h4-21H,1-2,22H2,3H3. The first-order valence-corrected chi connectivity index (χ1v) is 13.3. The number of carbonyl (C=O) groups excluding carboxylic acids is 2. The van der Waals surface area contributed by atoms with Crippen LogP contribution in [0.25, 0.3) is 32.3 Å². The number of anilines is 3. The maximum absolute atomic E-state index is 12.1. The lowest BCUT2D eigenvalue weighted by Crippen LogP contribution is -2.11. The van der Waals surface area contributed by atoms with Gasteiger partial charge in [-0.2, -0.15) is 0 Å². The number of hydrogen-bond acceptors (Lipinski definition) is 5. The number of esters is 2. The molecule has 6 rings (SSSR count). The number of carbonyl (C=O) groups is 2. The Morgan fingerprint density at radius 2 is 1.34 bits per heavy atom.